The van der Waals surface area contributed by atoms with Crippen molar-refractivity contribution in [1.82, 2.24) is 5.32 Å². The van der Waals surface area contributed by atoms with Crippen molar-refractivity contribution in [1.29, 1.82) is 0 Å². The van der Waals surface area contributed by atoms with Crippen molar-refractivity contribution in [2.45, 2.75) is 31.7 Å². The number of rotatable bonds is 8. The molecule has 7 nitrogen and oxygen atoms in total. The molecule has 1 aliphatic carbocycles. The molecule has 1 amide bonds. The molecule has 2 atom stereocenters. The summed E-state index contributed by atoms with van der Waals surface area (Å²) < 4.78 is 10.8. The second-order valence-corrected chi connectivity index (χ2v) is 5.47. The third kappa shape index (κ3) is 4.72. The van der Waals surface area contributed by atoms with Crippen LogP contribution < -0.4 is 5.32 Å². The standard InChI is InChI=1S/C13H22N2O5/c16-13(11-8-12(11)15(17)18)14-4-1-5-20-9-10-2-6-19-7-3-10/h10-12H,1-9H2,(H,14,16)/t11-,12-/m0/s1. The molecule has 1 heterocycles. The van der Waals surface area contributed by atoms with Crippen LogP contribution >= 0.6 is 0 Å². The molecule has 2 fully saturated rings. The lowest BCUT2D eigenvalue weighted by Crippen LogP contribution is -2.29. The van der Waals surface area contributed by atoms with Crippen LogP contribution in [-0.2, 0) is 14.3 Å². The van der Waals surface area contributed by atoms with Crippen molar-refractivity contribution >= 4 is 5.91 Å². The highest BCUT2D eigenvalue weighted by Gasteiger charge is 2.53. The van der Waals surface area contributed by atoms with Gasteiger partial charge in [-0.2, -0.15) is 0 Å². The van der Waals surface area contributed by atoms with Crippen molar-refractivity contribution in [2.24, 2.45) is 11.8 Å². The highest BCUT2D eigenvalue weighted by atomic mass is 16.6. The molecular weight excluding hydrogens is 264 g/mol. The number of nitrogens with zero attached hydrogens (tertiary/aromatic N) is 1. The molecule has 114 valence electrons. The number of hydrogen-bond acceptors (Lipinski definition) is 5. The van der Waals surface area contributed by atoms with Crippen LogP contribution in [0, 0.1) is 22.0 Å². The largest absolute Gasteiger partial charge is 0.381 e. The Labute approximate surface area is 118 Å². The Kier molecular flexibility index (Phi) is 5.72. The molecule has 2 rings (SSSR count). The van der Waals surface area contributed by atoms with E-state index in [9.17, 15) is 14.9 Å². The topological polar surface area (TPSA) is 90.7 Å². The Morgan fingerprint density at radius 3 is 2.80 bits per heavy atom. The fourth-order valence-corrected chi connectivity index (χ4v) is 2.38. The summed E-state index contributed by atoms with van der Waals surface area (Å²) in [7, 11) is 0. The second-order valence-electron chi connectivity index (χ2n) is 5.47. The van der Waals surface area contributed by atoms with Gasteiger partial charge in [-0.1, -0.05) is 0 Å². The second kappa shape index (κ2) is 7.54. The average Bonchev–Trinajstić information content (AvgIpc) is 3.24. The molecule has 1 saturated carbocycles. The summed E-state index contributed by atoms with van der Waals surface area (Å²) >= 11 is 0. The third-order valence-electron chi connectivity index (χ3n) is 3.82. The van der Waals surface area contributed by atoms with E-state index in [-0.39, 0.29) is 10.8 Å². The normalized spacial score (nSPS) is 26.2. The summed E-state index contributed by atoms with van der Waals surface area (Å²) in [5.74, 6) is -0.0325. The first-order valence-corrected chi connectivity index (χ1v) is 7.25. The number of nitro groups is 1. The van der Waals surface area contributed by atoms with Gasteiger partial charge in [0.2, 0.25) is 11.9 Å². The van der Waals surface area contributed by atoms with Crippen LogP contribution in [0.3, 0.4) is 0 Å². The van der Waals surface area contributed by atoms with E-state index in [1.165, 1.54) is 0 Å². The van der Waals surface area contributed by atoms with Gasteiger partial charge in [0.05, 0.1) is 0 Å². The van der Waals surface area contributed by atoms with Gasteiger partial charge in [0, 0.05) is 44.3 Å². The zero-order valence-electron chi connectivity index (χ0n) is 11.6. The Bertz CT molecular complexity index is 344. The van der Waals surface area contributed by atoms with Crippen molar-refractivity contribution in [3.8, 4) is 0 Å². The van der Waals surface area contributed by atoms with Crippen LogP contribution in [0.2, 0.25) is 0 Å². The predicted octanol–water partition coefficient (Wildman–Crippen LogP) is 0.601. The van der Waals surface area contributed by atoms with Crippen molar-refractivity contribution < 1.29 is 19.2 Å². The molecule has 0 bridgehead atoms. The number of nitrogens with one attached hydrogen (secondary N) is 1. The van der Waals surface area contributed by atoms with Gasteiger partial charge >= 0.3 is 0 Å². The highest BCUT2D eigenvalue weighted by Crippen LogP contribution is 2.32. The minimum atomic E-state index is -0.667. The van der Waals surface area contributed by atoms with E-state index in [0.29, 0.717) is 25.5 Å². The number of hydrogen-bond donors (Lipinski definition) is 1. The number of carbonyl (C=O) groups is 1. The van der Waals surface area contributed by atoms with Crippen LogP contribution in [0.15, 0.2) is 0 Å². The van der Waals surface area contributed by atoms with Crippen LogP contribution in [0.5, 0.6) is 0 Å². The van der Waals surface area contributed by atoms with Crippen LogP contribution in [0.1, 0.15) is 25.7 Å². The van der Waals surface area contributed by atoms with Gasteiger partial charge in [-0.15, -0.1) is 0 Å². The zero-order valence-corrected chi connectivity index (χ0v) is 11.6. The quantitative estimate of drug-likeness (QED) is 0.401. The molecule has 2 aliphatic rings. The maximum Gasteiger partial charge on any atom is 0.230 e. The number of ether oxygens (including phenoxy) is 2. The number of carbonyl (C=O) groups excluding carboxylic acids is 1. The molecule has 0 unspecified atom stereocenters. The Balaban J connectivity index is 1.44. The predicted molar refractivity (Wildman–Crippen MR) is 70.9 cm³/mol. The lowest BCUT2D eigenvalue weighted by molar-refractivity contribution is -0.497. The highest BCUT2D eigenvalue weighted by molar-refractivity contribution is 5.81. The maximum absolute atomic E-state index is 11.5. The van der Waals surface area contributed by atoms with Gasteiger partial charge < -0.3 is 14.8 Å². The van der Waals surface area contributed by atoms with Crippen molar-refractivity contribution in [3.05, 3.63) is 10.1 Å². The molecule has 1 N–H and O–H groups in total. The molecule has 0 spiro atoms. The molecule has 0 aromatic carbocycles. The monoisotopic (exact) mass is 286 g/mol. The fraction of sp³-hybridized carbons (Fsp3) is 0.923. The Morgan fingerprint density at radius 1 is 1.40 bits per heavy atom. The first-order valence-electron chi connectivity index (χ1n) is 7.25. The van der Waals surface area contributed by atoms with Gasteiger partial charge in [0.25, 0.3) is 0 Å². The maximum atomic E-state index is 11.5. The summed E-state index contributed by atoms with van der Waals surface area (Å²) in [4.78, 5) is 21.6. The summed E-state index contributed by atoms with van der Waals surface area (Å²) in [6.45, 7) is 3.53. The SMILES string of the molecule is O=C(NCCCOCC1CCOCC1)[C@H]1C[C@@H]1[N+](=O)[O-]. The van der Waals surface area contributed by atoms with Crippen LogP contribution in [-0.4, -0.2) is 49.8 Å². The van der Waals surface area contributed by atoms with Crippen molar-refractivity contribution in [2.75, 3.05) is 33.0 Å². The first-order chi connectivity index (χ1) is 9.68. The summed E-state index contributed by atoms with van der Waals surface area (Å²) in [6.07, 6.45) is 3.23. The van der Waals surface area contributed by atoms with E-state index in [0.717, 1.165) is 39.1 Å². The molecule has 20 heavy (non-hydrogen) atoms. The summed E-state index contributed by atoms with van der Waals surface area (Å²) in [5, 5.41) is 13.2. The Morgan fingerprint density at radius 2 is 2.15 bits per heavy atom. The zero-order chi connectivity index (χ0) is 14.4. The molecule has 0 aromatic rings. The van der Waals surface area contributed by atoms with E-state index in [1.807, 2.05) is 0 Å². The molecule has 0 aromatic heterocycles. The van der Waals surface area contributed by atoms with Crippen LogP contribution in [0.25, 0.3) is 0 Å². The van der Waals surface area contributed by atoms with E-state index in [2.05, 4.69) is 5.32 Å². The molecule has 7 heteroatoms. The first kappa shape index (κ1) is 15.2. The molecule has 0 radical (unpaired) electrons. The van der Waals surface area contributed by atoms with Gasteiger partial charge in [-0.3, -0.25) is 14.9 Å². The minimum Gasteiger partial charge on any atom is -0.381 e. The van der Waals surface area contributed by atoms with E-state index >= 15 is 0 Å². The van der Waals surface area contributed by atoms with E-state index in [4.69, 9.17) is 9.47 Å². The Hall–Kier alpha value is -1.21. The molecular formula is C13H22N2O5. The smallest absolute Gasteiger partial charge is 0.230 e. The lowest BCUT2D eigenvalue weighted by Gasteiger charge is -2.21. The van der Waals surface area contributed by atoms with Crippen molar-refractivity contribution in [3.63, 3.8) is 0 Å². The van der Waals surface area contributed by atoms with E-state index < -0.39 is 12.0 Å². The van der Waals surface area contributed by atoms with Gasteiger partial charge in [-0.05, 0) is 25.2 Å². The summed E-state index contributed by atoms with van der Waals surface area (Å²) in [6, 6.07) is -0.667. The molecule has 1 saturated heterocycles. The van der Waals surface area contributed by atoms with E-state index in [1.54, 1.807) is 0 Å². The third-order valence-corrected chi connectivity index (χ3v) is 3.82. The van der Waals surface area contributed by atoms with Crippen LogP contribution in [0.4, 0.5) is 0 Å². The lowest BCUT2D eigenvalue weighted by atomic mass is 10.0. The molecule has 1 aliphatic heterocycles. The minimum absolute atomic E-state index is 0.198. The summed E-state index contributed by atoms with van der Waals surface area (Å²) in [5.41, 5.74) is 0. The fourth-order valence-electron chi connectivity index (χ4n) is 2.38. The van der Waals surface area contributed by atoms with Gasteiger partial charge in [0.1, 0.15) is 5.92 Å². The average molecular weight is 286 g/mol. The van der Waals surface area contributed by atoms with Gasteiger partial charge in [0.15, 0.2) is 0 Å². The van der Waals surface area contributed by atoms with Gasteiger partial charge in [-0.25, -0.2) is 0 Å². The number of amides is 1.